The van der Waals surface area contributed by atoms with Gasteiger partial charge in [-0.25, -0.2) is 4.98 Å². The van der Waals surface area contributed by atoms with Crippen molar-refractivity contribution in [2.45, 2.75) is 33.1 Å². The molecule has 2 amide bonds. The molecule has 7 heteroatoms. The zero-order valence-electron chi connectivity index (χ0n) is 12.5. The number of halogens is 1. The predicted molar refractivity (Wildman–Crippen MR) is 86.7 cm³/mol. The summed E-state index contributed by atoms with van der Waals surface area (Å²) in [4.78, 5) is 29.7. The summed E-state index contributed by atoms with van der Waals surface area (Å²) in [5.74, 6) is 0.698. The van der Waals surface area contributed by atoms with Crippen LogP contribution in [0.1, 0.15) is 33.1 Å². The molecule has 0 aromatic carbocycles. The van der Waals surface area contributed by atoms with Crippen molar-refractivity contribution in [2.24, 2.45) is 5.92 Å². The van der Waals surface area contributed by atoms with Gasteiger partial charge in [0.2, 0.25) is 11.8 Å². The SMILES string of the molecule is CC(C)CCN(CC(=O)Nc1nccs1)C(=O)CCCCl. The van der Waals surface area contributed by atoms with Crippen LogP contribution in [0.4, 0.5) is 5.13 Å². The second-order valence-electron chi connectivity index (χ2n) is 5.18. The molecule has 21 heavy (non-hydrogen) atoms. The van der Waals surface area contributed by atoms with Crippen LogP contribution < -0.4 is 5.32 Å². The van der Waals surface area contributed by atoms with Gasteiger partial charge in [-0.1, -0.05) is 13.8 Å². The van der Waals surface area contributed by atoms with E-state index in [2.05, 4.69) is 24.1 Å². The number of nitrogens with one attached hydrogen (secondary N) is 1. The summed E-state index contributed by atoms with van der Waals surface area (Å²) in [7, 11) is 0. The van der Waals surface area contributed by atoms with E-state index in [1.807, 2.05) is 0 Å². The van der Waals surface area contributed by atoms with Gasteiger partial charge in [0, 0.05) is 30.4 Å². The normalized spacial score (nSPS) is 10.7. The lowest BCUT2D eigenvalue weighted by Gasteiger charge is -2.22. The summed E-state index contributed by atoms with van der Waals surface area (Å²) < 4.78 is 0. The summed E-state index contributed by atoms with van der Waals surface area (Å²) in [6.45, 7) is 4.84. The molecule has 0 saturated heterocycles. The minimum Gasteiger partial charge on any atom is -0.333 e. The molecule has 1 aromatic rings. The van der Waals surface area contributed by atoms with Gasteiger partial charge < -0.3 is 10.2 Å². The number of amides is 2. The highest BCUT2D eigenvalue weighted by molar-refractivity contribution is 7.13. The van der Waals surface area contributed by atoms with E-state index in [-0.39, 0.29) is 18.4 Å². The first-order valence-corrected chi connectivity index (χ1v) is 8.47. The molecular formula is C14H22ClN3O2S. The number of aromatic nitrogens is 1. The van der Waals surface area contributed by atoms with Gasteiger partial charge in [-0.15, -0.1) is 22.9 Å². The predicted octanol–water partition coefficient (Wildman–Crippen LogP) is 2.98. The quantitative estimate of drug-likeness (QED) is 0.708. The number of anilines is 1. The molecular weight excluding hydrogens is 310 g/mol. The van der Waals surface area contributed by atoms with Gasteiger partial charge in [-0.05, 0) is 18.8 Å². The van der Waals surface area contributed by atoms with Crippen LogP contribution in [0.2, 0.25) is 0 Å². The van der Waals surface area contributed by atoms with Crippen LogP contribution in [-0.2, 0) is 9.59 Å². The minimum absolute atomic E-state index is 0.0226. The third-order valence-electron chi connectivity index (χ3n) is 2.87. The molecule has 0 aliphatic heterocycles. The van der Waals surface area contributed by atoms with E-state index in [4.69, 9.17) is 11.6 Å². The zero-order chi connectivity index (χ0) is 15.7. The number of rotatable bonds is 9. The fourth-order valence-corrected chi connectivity index (χ4v) is 2.38. The summed E-state index contributed by atoms with van der Waals surface area (Å²) in [5, 5.41) is 5.04. The Morgan fingerprint density at radius 2 is 2.24 bits per heavy atom. The first kappa shape index (κ1) is 17.9. The maximum absolute atomic E-state index is 12.1. The lowest BCUT2D eigenvalue weighted by molar-refractivity contribution is -0.134. The largest absolute Gasteiger partial charge is 0.333 e. The number of thiazole rings is 1. The van der Waals surface area contributed by atoms with E-state index in [1.165, 1.54) is 11.3 Å². The van der Waals surface area contributed by atoms with Crippen molar-refractivity contribution in [3.63, 3.8) is 0 Å². The van der Waals surface area contributed by atoms with Gasteiger partial charge in [-0.3, -0.25) is 9.59 Å². The lowest BCUT2D eigenvalue weighted by Crippen LogP contribution is -2.39. The first-order valence-electron chi connectivity index (χ1n) is 7.06. The van der Waals surface area contributed by atoms with Crippen molar-refractivity contribution in [3.05, 3.63) is 11.6 Å². The number of alkyl halides is 1. The Balaban J connectivity index is 2.53. The van der Waals surface area contributed by atoms with Gasteiger partial charge in [0.25, 0.3) is 0 Å². The second-order valence-corrected chi connectivity index (χ2v) is 6.45. The number of hydrogen-bond donors (Lipinski definition) is 1. The average Bonchev–Trinajstić information content (AvgIpc) is 2.93. The molecule has 5 nitrogen and oxygen atoms in total. The molecule has 1 N–H and O–H groups in total. The molecule has 0 fully saturated rings. The summed E-state index contributed by atoms with van der Waals surface area (Å²) in [6.07, 6.45) is 3.51. The molecule has 118 valence electrons. The van der Waals surface area contributed by atoms with Gasteiger partial charge in [-0.2, -0.15) is 0 Å². The number of carbonyl (C=O) groups excluding carboxylic acids is 2. The van der Waals surface area contributed by atoms with Crippen molar-refractivity contribution in [2.75, 3.05) is 24.3 Å². The van der Waals surface area contributed by atoms with E-state index >= 15 is 0 Å². The van der Waals surface area contributed by atoms with Crippen molar-refractivity contribution in [1.82, 2.24) is 9.88 Å². The lowest BCUT2D eigenvalue weighted by atomic mass is 10.1. The van der Waals surface area contributed by atoms with E-state index in [0.29, 0.717) is 36.3 Å². The standard InChI is InChI=1S/C14H22ClN3O2S/c1-11(2)5-8-18(13(20)4-3-6-15)10-12(19)17-14-16-7-9-21-14/h7,9,11H,3-6,8,10H2,1-2H3,(H,16,17,19). The maximum atomic E-state index is 12.1. The van der Waals surface area contributed by atoms with Crippen molar-refractivity contribution in [3.8, 4) is 0 Å². The van der Waals surface area contributed by atoms with Crippen LogP contribution in [0, 0.1) is 5.92 Å². The van der Waals surface area contributed by atoms with Gasteiger partial charge in [0.1, 0.15) is 0 Å². The van der Waals surface area contributed by atoms with E-state index in [9.17, 15) is 9.59 Å². The van der Waals surface area contributed by atoms with E-state index in [1.54, 1.807) is 16.5 Å². The highest BCUT2D eigenvalue weighted by atomic mass is 35.5. The maximum Gasteiger partial charge on any atom is 0.245 e. The number of hydrogen-bond acceptors (Lipinski definition) is 4. The fourth-order valence-electron chi connectivity index (χ4n) is 1.70. The smallest absolute Gasteiger partial charge is 0.245 e. The molecule has 1 aromatic heterocycles. The first-order chi connectivity index (χ1) is 10.0. The topological polar surface area (TPSA) is 62.3 Å². The van der Waals surface area contributed by atoms with Crippen LogP contribution in [0.5, 0.6) is 0 Å². The van der Waals surface area contributed by atoms with E-state index < -0.39 is 0 Å². The van der Waals surface area contributed by atoms with Crippen LogP contribution in [0.25, 0.3) is 0 Å². The fraction of sp³-hybridized carbons (Fsp3) is 0.643. The Labute approximate surface area is 134 Å². The van der Waals surface area contributed by atoms with Crippen molar-refractivity contribution >= 4 is 39.9 Å². The third-order valence-corrected chi connectivity index (χ3v) is 3.82. The zero-order valence-corrected chi connectivity index (χ0v) is 14.0. The molecule has 0 aliphatic carbocycles. The van der Waals surface area contributed by atoms with Gasteiger partial charge in [0.05, 0.1) is 6.54 Å². The Morgan fingerprint density at radius 3 is 2.81 bits per heavy atom. The molecule has 0 unspecified atom stereocenters. The van der Waals surface area contributed by atoms with Crippen molar-refractivity contribution in [1.29, 1.82) is 0 Å². The van der Waals surface area contributed by atoms with Crippen LogP contribution >= 0.6 is 22.9 Å². The Kier molecular flexibility index (Phi) is 8.30. The Morgan fingerprint density at radius 1 is 1.48 bits per heavy atom. The van der Waals surface area contributed by atoms with Crippen LogP contribution in [0.15, 0.2) is 11.6 Å². The van der Waals surface area contributed by atoms with Crippen LogP contribution in [0.3, 0.4) is 0 Å². The van der Waals surface area contributed by atoms with E-state index in [0.717, 1.165) is 6.42 Å². The minimum atomic E-state index is -0.215. The molecule has 0 atom stereocenters. The molecule has 0 saturated carbocycles. The number of carbonyl (C=O) groups is 2. The summed E-state index contributed by atoms with van der Waals surface area (Å²) in [5.41, 5.74) is 0. The highest BCUT2D eigenvalue weighted by Crippen LogP contribution is 2.11. The molecule has 1 heterocycles. The van der Waals surface area contributed by atoms with Gasteiger partial charge >= 0.3 is 0 Å². The second kappa shape index (κ2) is 9.73. The summed E-state index contributed by atoms with van der Waals surface area (Å²) in [6, 6.07) is 0. The average molecular weight is 332 g/mol. The molecule has 0 aliphatic rings. The molecule has 0 bridgehead atoms. The molecule has 1 rings (SSSR count). The van der Waals surface area contributed by atoms with Crippen molar-refractivity contribution < 1.29 is 9.59 Å². The molecule has 0 radical (unpaired) electrons. The van der Waals surface area contributed by atoms with Crippen LogP contribution in [-0.4, -0.2) is 40.7 Å². The number of nitrogens with zero attached hydrogens (tertiary/aromatic N) is 2. The molecule has 0 spiro atoms. The highest BCUT2D eigenvalue weighted by Gasteiger charge is 2.17. The van der Waals surface area contributed by atoms with Gasteiger partial charge in [0.15, 0.2) is 5.13 Å². The monoisotopic (exact) mass is 331 g/mol. The Bertz CT molecular complexity index is 437. The third kappa shape index (κ3) is 7.43. The summed E-state index contributed by atoms with van der Waals surface area (Å²) >= 11 is 6.98. The Hall–Kier alpha value is -1.14.